The number of halogens is 1. The van der Waals surface area contributed by atoms with Crippen LogP contribution in [0, 0.1) is 10.5 Å². The van der Waals surface area contributed by atoms with Gasteiger partial charge < -0.3 is 5.73 Å². The van der Waals surface area contributed by atoms with E-state index in [1.54, 1.807) is 36.5 Å². The van der Waals surface area contributed by atoms with Crippen LogP contribution < -0.4 is 5.73 Å². The van der Waals surface area contributed by atoms with Gasteiger partial charge in [0.05, 0.1) is 16.8 Å². The van der Waals surface area contributed by atoms with Crippen LogP contribution in [0.15, 0.2) is 47.6 Å². The molecule has 2 heterocycles. The molecule has 0 atom stereocenters. The van der Waals surface area contributed by atoms with Crippen molar-refractivity contribution in [2.75, 3.05) is 5.73 Å². The average Bonchev–Trinajstić information content (AvgIpc) is 2.77. The third-order valence-electron chi connectivity index (χ3n) is 3.16. The number of nitrogen functional groups attached to an aromatic ring is 1. The first-order valence-corrected chi connectivity index (χ1v) is 8.66. The van der Waals surface area contributed by atoms with Crippen LogP contribution in [0.25, 0.3) is 11.0 Å². The zero-order valence-electron chi connectivity index (χ0n) is 11.1. The summed E-state index contributed by atoms with van der Waals surface area (Å²) in [5.74, 6) is 0. The van der Waals surface area contributed by atoms with Crippen LogP contribution in [0.3, 0.4) is 0 Å². The molecule has 0 radical (unpaired) electrons. The summed E-state index contributed by atoms with van der Waals surface area (Å²) in [6.07, 6.45) is 3.02. The predicted octanol–water partition coefficient (Wildman–Crippen LogP) is 2.77. The van der Waals surface area contributed by atoms with Crippen LogP contribution >= 0.6 is 22.6 Å². The SMILES string of the molecule is Cc1ccc(S(=O)(=O)n2cc(I)c3cc(N)cnc32)cc1. The van der Waals surface area contributed by atoms with E-state index in [9.17, 15) is 8.42 Å². The first-order valence-electron chi connectivity index (χ1n) is 6.14. The molecular weight excluding hydrogens is 401 g/mol. The van der Waals surface area contributed by atoms with E-state index in [1.165, 1.54) is 10.2 Å². The van der Waals surface area contributed by atoms with Crippen LogP contribution in [-0.2, 0) is 10.0 Å². The number of nitrogens with two attached hydrogens (primary N) is 1. The normalized spacial score (nSPS) is 11.9. The average molecular weight is 413 g/mol. The summed E-state index contributed by atoms with van der Waals surface area (Å²) in [7, 11) is -3.67. The molecule has 0 saturated heterocycles. The van der Waals surface area contributed by atoms with Crippen LogP contribution in [0.1, 0.15) is 5.56 Å². The van der Waals surface area contributed by atoms with Gasteiger partial charge in [-0.3, -0.25) is 0 Å². The summed E-state index contributed by atoms with van der Waals surface area (Å²) in [6, 6.07) is 8.47. The summed E-state index contributed by atoms with van der Waals surface area (Å²) >= 11 is 2.08. The summed E-state index contributed by atoms with van der Waals surface area (Å²) in [4.78, 5) is 4.40. The lowest BCUT2D eigenvalue weighted by Gasteiger charge is -2.07. The summed E-state index contributed by atoms with van der Waals surface area (Å²) in [5, 5.41) is 0.728. The largest absolute Gasteiger partial charge is 0.397 e. The molecule has 21 heavy (non-hydrogen) atoms. The fraction of sp³-hybridized carbons (Fsp3) is 0.0714. The number of pyridine rings is 1. The molecule has 0 saturated carbocycles. The molecule has 0 amide bonds. The van der Waals surface area contributed by atoms with E-state index in [0.717, 1.165) is 14.5 Å². The molecule has 1 aromatic carbocycles. The Kier molecular flexibility index (Phi) is 3.40. The van der Waals surface area contributed by atoms with Crippen molar-refractivity contribution < 1.29 is 8.42 Å². The number of hydrogen-bond donors (Lipinski definition) is 1. The Morgan fingerprint density at radius 3 is 2.57 bits per heavy atom. The molecular formula is C14H12IN3O2S. The molecule has 3 rings (SSSR count). The zero-order valence-corrected chi connectivity index (χ0v) is 14.1. The van der Waals surface area contributed by atoms with Gasteiger partial charge in [-0.2, -0.15) is 0 Å². The first kappa shape index (κ1) is 14.3. The molecule has 108 valence electrons. The maximum absolute atomic E-state index is 12.7. The topological polar surface area (TPSA) is 78.0 Å². The smallest absolute Gasteiger partial charge is 0.269 e. The van der Waals surface area contributed by atoms with Gasteiger partial charge in [0, 0.05) is 15.2 Å². The van der Waals surface area contributed by atoms with E-state index >= 15 is 0 Å². The molecule has 2 N–H and O–H groups in total. The number of nitrogens with zero attached hydrogens (tertiary/aromatic N) is 2. The van der Waals surface area contributed by atoms with Crippen molar-refractivity contribution in [3.63, 3.8) is 0 Å². The van der Waals surface area contributed by atoms with Gasteiger partial charge in [0.1, 0.15) is 0 Å². The minimum atomic E-state index is -3.67. The maximum atomic E-state index is 12.7. The monoisotopic (exact) mass is 413 g/mol. The van der Waals surface area contributed by atoms with Gasteiger partial charge in [-0.1, -0.05) is 17.7 Å². The van der Waals surface area contributed by atoms with Gasteiger partial charge in [-0.05, 0) is 47.7 Å². The highest BCUT2D eigenvalue weighted by Gasteiger charge is 2.21. The summed E-state index contributed by atoms with van der Waals surface area (Å²) < 4.78 is 27.5. The summed E-state index contributed by atoms with van der Waals surface area (Å²) in [6.45, 7) is 1.91. The Balaban J connectivity index is 2.26. The molecule has 5 nitrogen and oxygen atoms in total. The lowest BCUT2D eigenvalue weighted by molar-refractivity contribution is 0.588. The Bertz CT molecular complexity index is 931. The first-order chi connectivity index (χ1) is 9.89. The van der Waals surface area contributed by atoms with Gasteiger partial charge in [0.25, 0.3) is 10.0 Å². The second kappa shape index (κ2) is 4.99. The van der Waals surface area contributed by atoms with Gasteiger partial charge in [-0.25, -0.2) is 17.4 Å². The van der Waals surface area contributed by atoms with Crippen molar-refractivity contribution in [1.29, 1.82) is 0 Å². The summed E-state index contributed by atoms with van der Waals surface area (Å²) in [5.41, 5.74) is 7.61. The van der Waals surface area contributed by atoms with E-state index in [4.69, 9.17) is 5.73 Å². The van der Waals surface area contributed by atoms with E-state index < -0.39 is 10.0 Å². The molecule has 3 aromatic rings. The Labute approximate surface area is 136 Å². The minimum Gasteiger partial charge on any atom is -0.397 e. The van der Waals surface area contributed by atoms with Crippen LogP contribution in [0.5, 0.6) is 0 Å². The van der Waals surface area contributed by atoms with Gasteiger partial charge in [0.15, 0.2) is 5.65 Å². The third-order valence-corrected chi connectivity index (χ3v) is 5.69. The number of hydrogen-bond acceptors (Lipinski definition) is 4. The van der Waals surface area contributed by atoms with Crippen molar-refractivity contribution in [3.05, 3.63) is 51.9 Å². The number of fused-ring (bicyclic) bond motifs is 1. The van der Waals surface area contributed by atoms with Crippen molar-refractivity contribution >= 4 is 49.3 Å². The number of rotatable bonds is 2. The highest BCUT2D eigenvalue weighted by Crippen LogP contribution is 2.27. The highest BCUT2D eigenvalue weighted by molar-refractivity contribution is 14.1. The standard InChI is InChI=1S/C14H12IN3O2S/c1-9-2-4-11(5-3-9)21(19,20)18-8-13(15)12-6-10(16)7-17-14(12)18/h2-8H,16H2,1H3. The third kappa shape index (κ3) is 2.40. The zero-order chi connectivity index (χ0) is 15.2. The second-order valence-corrected chi connectivity index (χ2v) is 7.71. The van der Waals surface area contributed by atoms with E-state index in [2.05, 4.69) is 27.6 Å². The molecule has 0 aliphatic carbocycles. The van der Waals surface area contributed by atoms with E-state index in [1.807, 2.05) is 6.92 Å². The molecule has 0 aliphatic rings. The molecule has 0 fully saturated rings. The second-order valence-electron chi connectivity index (χ2n) is 4.73. The number of anilines is 1. The Morgan fingerprint density at radius 1 is 1.24 bits per heavy atom. The van der Waals surface area contributed by atoms with Crippen molar-refractivity contribution in [2.45, 2.75) is 11.8 Å². The molecule has 7 heteroatoms. The molecule has 2 aromatic heterocycles. The van der Waals surface area contributed by atoms with Crippen molar-refractivity contribution in [1.82, 2.24) is 8.96 Å². The highest BCUT2D eigenvalue weighted by atomic mass is 127. The molecule has 0 aliphatic heterocycles. The number of benzene rings is 1. The van der Waals surface area contributed by atoms with Gasteiger partial charge in [-0.15, -0.1) is 0 Å². The molecule has 0 unspecified atom stereocenters. The van der Waals surface area contributed by atoms with Crippen LogP contribution in [0.4, 0.5) is 5.69 Å². The number of aromatic nitrogens is 2. The fourth-order valence-corrected chi connectivity index (χ4v) is 4.25. The predicted molar refractivity (Wildman–Crippen MR) is 90.6 cm³/mol. The quantitative estimate of drug-likeness (QED) is 0.656. The molecule has 0 bridgehead atoms. The van der Waals surface area contributed by atoms with E-state index in [-0.39, 0.29) is 4.90 Å². The van der Waals surface area contributed by atoms with Crippen molar-refractivity contribution in [3.8, 4) is 0 Å². The maximum Gasteiger partial charge on any atom is 0.269 e. The van der Waals surface area contributed by atoms with Gasteiger partial charge in [0.2, 0.25) is 0 Å². The molecule has 0 spiro atoms. The lowest BCUT2D eigenvalue weighted by Crippen LogP contribution is -2.12. The fourth-order valence-electron chi connectivity index (χ4n) is 2.07. The van der Waals surface area contributed by atoms with Gasteiger partial charge >= 0.3 is 0 Å². The number of aryl methyl sites for hydroxylation is 1. The lowest BCUT2D eigenvalue weighted by atomic mass is 10.2. The van der Waals surface area contributed by atoms with Crippen LogP contribution in [-0.4, -0.2) is 17.4 Å². The Hall–Kier alpha value is -1.61. The minimum absolute atomic E-state index is 0.236. The van der Waals surface area contributed by atoms with E-state index in [0.29, 0.717) is 11.3 Å². The Morgan fingerprint density at radius 2 is 1.90 bits per heavy atom. The van der Waals surface area contributed by atoms with Crippen LogP contribution in [0.2, 0.25) is 0 Å². The van der Waals surface area contributed by atoms with Crippen molar-refractivity contribution in [2.24, 2.45) is 0 Å².